The second-order valence-corrected chi connectivity index (χ2v) is 2.79. The van der Waals surface area contributed by atoms with E-state index in [2.05, 4.69) is 7.05 Å². The summed E-state index contributed by atoms with van der Waals surface area (Å²) in [6, 6.07) is 5.07. The molecule has 1 aromatic carbocycles. The van der Waals surface area contributed by atoms with Gasteiger partial charge in [-0.2, -0.15) is 0 Å². The number of hydrogen-bond acceptors (Lipinski definition) is 2. The molecule has 1 radical (unpaired) electrons. The summed E-state index contributed by atoms with van der Waals surface area (Å²) in [5.41, 5.74) is 0.992. The van der Waals surface area contributed by atoms with Crippen LogP contribution in [0, 0.1) is 7.05 Å². The lowest BCUT2D eigenvalue weighted by atomic mass is 10.3. The molecule has 4 heteroatoms. The van der Waals surface area contributed by atoms with Crippen molar-refractivity contribution in [1.82, 2.24) is 4.57 Å². The zero-order chi connectivity index (χ0) is 8.72. The minimum Gasteiger partial charge on any atom is -0.408 e. The molecule has 2 aromatic rings. The standard InChI is InChI=1S/C8H5ClNO2/c1-10-7-5(9)3-2-4-6(7)12-8(10)11/h2-4H,1H2. The van der Waals surface area contributed by atoms with Crippen LogP contribution in [0.25, 0.3) is 11.1 Å². The van der Waals surface area contributed by atoms with E-state index < -0.39 is 5.76 Å². The third-order valence-corrected chi connectivity index (χ3v) is 1.94. The molecule has 0 spiro atoms. The summed E-state index contributed by atoms with van der Waals surface area (Å²) < 4.78 is 5.98. The maximum Gasteiger partial charge on any atom is 0.420 e. The number of hydrogen-bond donors (Lipinski definition) is 0. The molecule has 3 nitrogen and oxygen atoms in total. The van der Waals surface area contributed by atoms with Crippen molar-refractivity contribution >= 4 is 22.7 Å². The Bertz CT molecular complexity index is 483. The Balaban J connectivity index is 3.07. The fourth-order valence-electron chi connectivity index (χ4n) is 1.08. The van der Waals surface area contributed by atoms with Crippen LogP contribution in [0.5, 0.6) is 0 Å². The van der Waals surface area contributed by atoms with E-state index in [1.54, 1.807) is 18.2 Å². The summed E-state index contributed by atoms with van der Waals surface area (Å²) >= 11 is 5.82. The highest BCUT2D eigenvalue weighted by atomic mass is 35.5. The number of fused-ring (bicyclic) bond motifs is 1. The molecule has 1 heterocycles. The van der Waals surface area contributed by atoms with Gasteiger partial charge in [-0.05, 0) is 12.1 Å². The third-order valence-electron chi connectivity index (χ3n) is 1.64. The van der Waals surface area contributed by atoms with Crippen LogP contribution in [0.1, 0.15) is 0 Å². The van der Waals surface area contributed by atoms with Crippen molar-refractivity contribution in [1.29, 1.82) is 0 Å². The van der Waals surface area contributed by atoms with Gasteiger partial charge in [0.05, 0.1) is 5.02 Å². The van der Waals surface area contributed by atoms with Crippen LogP contribution < -0.4 is 5.76 Å². The summed E-state index contributed by atoms with van der Waals surface area (Å²) in [4.78, 5) is 11.0. The number of benzene rings is 1. The number of halogens is 1. The molecule has 0 aliphatic heterocycles. The zero-order valence-electron chi connectivity index (χ0n) is 6.08. The van der Waals surface area contributed by atoms with Crippen molar-refractivity contribution in [3.05, 3.63) is 40.8 Å². The van der Waals surface area contributed by atoms with Crippen LogP contribution in [-0.2, 0) is 0 Å². The minimum absolute atomic E-state index is 0.461. The van der Waals surface area contributed by atoms with E-state index in [0.717, 1.165) is 4.57 Å². The monoisotopic (exact) mass is 182 g/mol. The van der Waals surface area contributed by atoms with Crippen molar-refractivity contribution < 1.29 is 4.42 Å². The van der Waals surface area contributed by atoms with Crippen molar-refractivity contribution in [3.8, 4) is 0 Å². The summed E-state index contributed by atoms with van der Waals surface area (Å²) in [7, 11) is 3.50. The minimum atomic E-state index is -0.502. The van der Waals surface area contributed by atoms with E-state index >= 15 is 0 Å². The summed E-state index contributed by atoms with van der Waals surface area (Å²) in [5, 5.41) is 0.466. The highest BCUT2D eigenvalue weighted by Crippen LogP contribution is 2.21. The summed E-state index contributed by atoms with van der Waals surface area (Å²) in [5.74, 6) is -0.502. The second-order valence-electron chi connectivity index (χ2n) is 2.38. The van der Waals surface area contributed by atoms with Crippen molar-refractivity contribution in [2.45, 2.75) is 0 Å². The van der Waals surface area contributed by atoms with E-state index in [1.165, 1.54) is 0 Å². The van der Waals surface area contributed by atoms with E-state index in [4.69, 9.17) is 16.0 Å². The van der Waals surface area contributed by atoms with Gasteiger partial charge in [-0.1, -0.05) is 17.7 Å². The number of para-hydroxylation sites is 1. The zero-order valence-corrected chi connectivity index (χ0v) is 6.84. The molecule has 12 heavy (non-hydrogen) atoms. The van der Waals surface area contributed by atoms with Gasteiger partial charge in [-0.15, -0.1) is 0 Å². The van der Waals surface area contributed by atoms with Crippen LogP contribution >= 0.6 is 11.6 Å². The second kappa shape index (κ2) is 2.38. The van der Waals surface area contributed by atoms with Crippen LogP contribution in [0.2, 0.25) is 5.02 Å². The summed E-state index contributed by atoms with van der Waals surface area (Å²) in [6.45, 7) is 0. The molecule has 0 atom stereocenters. The van der Waals surface area contributed by atoms with Crippen LogP contribution in [0.4, 0.5) is 0 Å². The van der Waals surface area contributed by atoms with E-state index in [1.807, 2.05) is 0 Å². The Morgan fingerprint density at radius 3 is 2.92 bits per heavy atom. The van der Waals surface area contributed by atoms with Crippen LogP contribution in [0.15, 0.2) is 27.4 Å². The molecule has 2 rings (SSSR count). The molecule has 0 amide bonds. The number of aromatic nitrogens is 1. The molecule has 0 aliphatic carbocycles. The van der Waals surface area contributed by atoms with Crippen molar-refractivity contribution in [3.63, 3.8) is 0 Å². The lowest BCUT2D eigenvalue weighted by molar-refractivity contribution is 0.539. The molecular formula is C8H5ClNO2. The maximum absolute atomic E-state index is 11.0. The van der Waals surface area contributed by atoms with Gasteiger partial charge in [0.1, 0.15) is 5.52 Å². The molecule has 0 fully saturated rings. The molecule has 61 valence electrons. The Kier molecular flexibility index (Phi) is 1.48. The quantitative estimate of drug-likeness (QED) is 0.624. The number of rotatable bonds is 0. The molecule has 0 saturated heterocycles. The van der Waals surface area contributed by atoms with Gasteiger partial charge in [0.2, 0.25) is 0 Å². The van der Waals surface area contributed by atoms with Gasteiger partial charge in [0.15, 0.2) is 5.58 Å². The highest BCUT2D eigenvalue weighted by Gasteiger charge is 2.07. The summed E-state index contributed by atoms with van der Waals surface area (Å²) in [6.07, 6.45) is 0. The third kappa shape index (κ3) is 0.865. The van der Waals surface area contributed by atoms with Crippen molar-refractivity contribution in [2.75, 3.05) is 0 Å². The Morgan fingerprint density at radius 1 is 1.50 bits per heavy atom. The Labute approximate surface area is 73.2 Å². The van der Waals surface area contributed by atoms with E-state index in [-0.39, 0.29) is 0 Å². The largest absolute Gasteiger partial charge is 0.420 e. The lowest BCUT2D eigenvalue weighted by Gasteiger charge is -1.92. The fraction of sp³-hybridized carbons (Fsp3) is 0. The van der Waals surface area contributed by atoms with Gasteiger partial charge in [0.25, 0.3) is 0 Å². The highest BCUT2D eigenvalue weighted by molar-refractivity contribution is 6.34. The number of oxazole rings is 1. The van der Waals surface area contributed by atoms with E-state index in [9.17, 15) is 4.79 Å². The van der Waals surface area contributed by atoms with Gasteiger partial charge in [-0.25, -0.2) is 4.79 Å². The molecule has 1 aromatic heterocycles. The topological polar surface area (TPSA) is 35.1 Å². The van der Waals surface area contributed by atoms with Gasteiger partial charge in [-0.3, -0.25) is 4.57 Å². The molecule has 0 bridgehead atoms. The smallest absolute Gasteiger partial charge is 0.408 e. The first-order valence-corrected chi connectivity index (χ1v) is 3.69. The van der Waals surface area contributed by atoms with E-state index in [0.29, 0.717) is 16.1 Å². The number of nitrogens with zero attached hydrogens (tertiary/aromatic N) is 1. The Morgan fingerprint density at radius 2 is 2.25 bits per heavy atom. The first-order valence-electron chi connectivity index (χ1n) is 3.31. The van der Waals surface area contributed by atoms with Crippen LogP contribution in [0.3, 0.4) is 0 Å². The molecule has 0 N–H and O–H groups in total. The first kappa shape index (κ1) is 7.43. The van der Waals surface area contributed by atoms with Crippen LogP contribution in [-0.4, -0.2) is 4.57 Å². The van der Waals surface area contributed by atoms with Crippen molar-refractivity contribution in [2.24, 2.45) is 0 Å². The fourth-order valence-corrected chi connectivity index (χ4v) is 1.35. The normalized spacial score (nSPS) is 10.8. The lowest BCUT2D eigenvalue weighted by Crippen LogP contribution is -2.06. The molecule has 0 unspecified atom stereocenters. The molecule has 0 saturated carbocycles. The van der Waals surface area contributed by atoms with Gasteiger partial charge in [0, 0.05) is 7.05 Å². The first-order chi connectivity index (χ1) is 5.70. The Hall–Kier alpha value is -1.22. The molecule has 0 aliphatic rings. The maximum atomic E-state index is 11.0. The average Bonchev–Trinajstić information content (AvgIpc) is 2.29. The predicted molar refractivity (Wildman–Crippen MR) is 46.2 cm³/mol. The SMILES string of the molecule is [CH2]n1c(=O)oc2cccc(Cl)c21. The molecular weight excluding hydrogens is 178 g/mol. The van der Waals surface area contributed by atoms with Gasteiger partial charge < -0.3 is 4.42 Å². The average molecular weight is 183 g/mol. The van der Waals surface area contributed by atoms with Gasteiger partial charge >= 0.3 is 5.76 Å². The predicted octanol–water partition coefficient (Wildman–Crippen LogP) is 1.89.